The Morgan fingerprint density at radius 3 is 2.19 bits per heavy atom. The fourth-order valence-corrected chi connectivity index (χ4v) is 8.84. The number of hydrogen-bond donors (Lipinski definition) is 0. The van der Waals surface area contributed by atoms with Crippen molar-refractivity contribution in [2.45, 2.75) is 37.5 Å². The fourth-order valence-electron chi connectivity index (χ4n) is 8.84. The van der Waals surface area contributed by atoms with Crippen LogP contribution in [0.3, 0.4) is 0 Å². The van der Waals surface area contributed by atoms with Gasteiger partial charge in [0.15, 0.2) is 5.82 Å². The van der Waals surface area contributed by atoms with Gasteiger partial charge in [0.25, 0.3) is 0 Å². The van der Waals surface area contributed by atoms with E-state index in [1.54, 1.807) is 0 Å². The summed E-state index contributed by atoms with van der Waals surface area (Å²) in [6.45, 7) is 0. The van der Waals surface area contributed by atoms with Crippen LogP contribution in [0, 0.1) is 40.9 Å². The molecule has 6 atom stereocenters. The zero-order valence-electron chi connectivity index (χ0n) is 20.8. The SMILES string of the molecule is N#Cc1cc(-c2cc(-c3ccccc3)nc(-c3ccccc3)n2)cc(C23CC4CC2[C@@H]2C(C[C@H]2C4)C3)c1. The van der Waals surface area contributed by atoms with E-state index >= 15 is 0 Å². The molecule has 2 bridgehead atoms. The van der Waals surface area contributed by atoms with Crippen LogP contribution in [-0.2, 0) is 5.41 Å². The molecule has 180 valence electrons. The minimum Gasteiger partial charge on any atom is -0.228 e. The average molecular weight is 480 g/mol. The van der Waals surface area contributed by atoms with Crippen molar-refractivity contribution in [1.29, 1.82) is 5.26 Å². The van der Waals surface area contributed by atoms with Crippen molar-refractivity contribution in [3.05, 3.63) is 96.1 Å². The van der Waals surface area contributed by atoms with Gasteiger partial charge in [0, 0.05) is 16.7 Å². The number of aromatic nitrogens is 2. The van der Waals surface area contributed by atoms with Crippen LogP contribution in [0.4, 0.5) is 0 Å². The van der Waals surface area contributed by atoms with Crippen molar-refractivity contribution in [3.8, 4) is 40.0 Å². The van der Waals surface area contributed by atoms with Crippen LogP contribution in [0.25, 0.3) is 33.9 Å². The lowest BCUT2D eigenvalue weighted by atomic mass is 9.57. The Labute approximate surface area is 218 Å². The molecule has 4 aromatic rings. The fraction of sp³-hybridized carbons (Fsp3) is 0.324. The zero-order chi connectivity index (χ0) is 24.6. The third kappa shape index (κ3) is 3.18. The normalized spacial score (nSPS) is 30.5. The molecule has 4 aliphatic carbocycles. The predicted molar refractivity (Wildman–Crippen MR) is 145 cm³/mol. The molecule has 8 rings (SSSR count). The maximum Gasteiger partial charge on any atom is 0.160 e. The summed E-state index contributed by atoms with van der Waals surface area (Å²) in [5.41, 5.74) is 7.31. The summed E-state index contributed by atoms with van der Waals surface area (Å²) in [5, 5.41) is 10.1. The van der Waals surface area contributed by atoms with E-state index in [0.717, 1.165) is 69.1 Å². The second-order valence-corrected chi connectivity index (χ2v) is 11.9. The van der Waals surface area contributed by atoms with Crippen molar-refractivity contribution in [3.63, 3.8) is 0 Å². The zero-order valence-corrected chi connectivity index (χ0v) is 20.8. The Bertz CT molecular complexity index is 1490. The molecule has 37 heavy (non-hydrogen) atoms. The van der Waals surface area contributed by atoms with Crippen LogP contribution in [-0.4, -0.2) is 9.97 Å². The van der Waals surface area contributed by atoms with Gasteiger partial charge in [-0.1, -0.05) is 60.7 Å². The van der Waals surface area contributed by atoms with Crippen LogP contribution in [0.2, 0.25) is 0 Å². The van der Waals surface area contributed by atoms with Gasteiger partial charge < -0.3 is 0 Å². The largest absolute Gasteiger partial charge is 0.228 e. The molecule has 0 spiro atoms. The van der Waals surface area contributed by atoms with E-state index in [1.165, 1.54) is 37.7 Å². The topological polar surface area (TPSA) is 49.6 Å². The number of nitriles is 1. The molecule has 0 amide bonds. The molecular formula is C34H29N3. The summed E-state index contributed by atoms with van der Waals surface area (Å²) in [5.74, 6) is 5.20. The van der Waals surface area contributed by atoms with Crippen LogP contribution in [0.5, 0.6) is 0 Å². The Morgan fingerprint density at radius 1 is 0.703 bits per heavy atom. The quantitative estimate of drug-likeness (QED) is 0.302. The predicted octanol–water partition coefficient (Wildman–Crippen LogP) is 7.67. The van der Waals surface area contributed by atoms with Gasteiger partial charge in [-0.3, -0.25) is 0 Å². The Balaban J connectivity index is 1.30. The molecule has 3 heteroatoms. The molecule has 4 fully saturated rings. The number of benzene rings is 3. The molecule has 3 nitrogen and oxygen atoms in total. The first-order valence-electron chi connectivity index (χ1n) is 13.8. The molecular weight excluding hydrogens is 450 g/mol. The summed E-state index contributed by atoms with van der Waals surface area (Å²) in [7, 11) is 0. The average Bonchev–Trinajstić information content (AvgIpc) is 3.40. The third-order valence-electron chi connectivity index (χ3n) is 10.1. The number of fused-ring (bicyclic) bond motifs is 1. The van der Waals surface area contributed by atoms with Gasteiger partial charge in [-0.05, 0) is 96.9 Å². The molecule has 0 radical (unpaired) electrons. The van der Waals surface area contributed by atoms with Gasteiger partial charge in [-0.25, -0.2) is 9.97 Å². The lowest BCUT2D eigenvalue weighted by Gasteiger charge is -2.48. The highest BCUT2D eigenvalue weighted by atomic mass is 14.9. The minimum atomic E-state index is 0.254. The highest BCUT2D eigenvalue weighted by Crippen LogP contribution is 2.73. The van der Waals surface area contributed by atoms with Crippen LogP contribution >= 0.6 is 0 Å². The summed E-state index contributed by atoms with van der Waals surface area (Å²) in [6.07, 6.45) is 6.91. The van der Waals surface area contributed by atoms with E-state index in [0.29, 0.717) is 0 Å². The van der Waals surface area contributed by atoms with Crippen molar-refractivity contribution < 1.29 is 0 Å². The first-order valence-corrected chi connectivity index (χ1v) is 13.8. The minimum absolute atomic E-state index is 0.254. The van der Waals surface area contributed by atoms with E-state index in [-0.39, 0.29) is 5.41 Å². The van der Waals surface area contributed by atoms with Crippen LogP contribution in [0.1, 0.15) is 43.2 Å². The van der Waals surface area contributed by atoms with Gasteiger partial charge in [0.2, 0.25) is 0 Å². The standard InChI is InChI=1S/C34H29N3/c35-20-22-12-25(16-28(13-22)34-18-21-11-26-15-27(19-34)32(26)29(34)14-21)31-17-30(23-7-3-1-4-8-23)36-33(37-31)24-9-5-2-6-10-24/h1-10,12-13,16-17,21,26-27,29,32H,11,14-15,18-19H2/t21?,26-,27?,29?,32+,34?/m1/s1. The lowest BCUT2D eigenvalue weighted by molar-refractivity contribution is 0.0152. The van der Waals surface area contributed by atoms with E-state index in [2.05, 4.69) is 48.5 Å². The summed E-state index contributed by atoms with van der Waals surface area (Å²) in [4.78, 5) is 10.0. The van der Waals surface area contributed by atoms with Crippen LogP contribution in [0.15, 0.2) is 84.9 Å². The van der Waals surface area contributed by atoms with E-state index in [4.69, 9.17) is 9.97 Å². The van der Waals surface area contributed by atoms with E-state index in [1.807, 2.05) is 42.5 Å². The highest BCUT2D eigenvalue weighted by Gasteiger charge is 2.67. The summed E-state index contributed by atoms with van der Waals surface area (Å²) in [6, 6.07) is 31.7. The molecule has 0 saturated heterocycles. The van der Waals surface area contributed by atoms with Gasteiger partial charge in [-0.2, -0.15) is 5.26 Å². The van der Waals surface area contributed by atoms with Gasteiger partial charge in [0.05, 0.1) is 23.0 Å². The van der Waals surface area contributed by atoms with E-state index < -0.39 is 0 Å². The molecule has 3 aromatic carbocycles. The lowest BCUT2D eigenvalue weighted by Crippen LogP contribution is -2.40. The summed E-state index contributed by atoms with van der Waals surface area (Å²) >= 11 is 0. The maximum absolute atomic E-state index is 10.1. The monoisotopic (exact) mass is 479 g/mol. The first-order chi connectivity index (χ1) is 18.2. The number of nitrogens with zero attached hydrogens (tertiary/aromatic N) is 3. The van der Waals surface area contributed by atoms with Crippen molar-refractivity contribution in [2.24, 2.45) is 29.6 Å². The smallest absolute Gasteiger partial charge is 0.160 e. The highest BCUT2D eigenvalue weighted by molar-refractivity contribution is 5.73. The van der Waals surface area contributed by atoms with Crippen molar-refractivity contribution in [1.82, 2.24) is 9.97 Å². The Hall–Kier alpha value is -3.77. The number of rotatable bonds is 4. The van der Waals surface area contributed by atoms with Gasteiger partial charge in [-0.15, -0.1) is 0 Å². The first kappa shape index (κ1) is 21.3. The molecule has 4 saturated carbocycles. The second kappa shape index (κ2) is 7.86. The molecule has 0 aliphatic heterocycles. The number of hydrogen-bond acceptors (Lipinski definition) is 3. The molecule has 1 heterocycles. The Kier molecular flexibility index (Phi) is 4.53. The van der Waals surface area contributed by atoms with Crippen molar-refractivity contribution >= 4 is 0 Å². The molecule has 4 aliphatic rings. The molecule has 4 unspecified atom stereocenters. The second-order valence-electron chi connectivity index (χ2n) is 11.9. The van der Waals surface area contributed by atoms with Gasteiger partial charge >= 0.3 is 0 Å². The van der Waals surface area contributed by atoms with Gasteiger partial charge in [0.1, 0.15) is 0 Å². The molecule has 1 aromatic heterocycles. The van der Waals surface area contributed by atoms with E-state index in [9.17, 15) is 5.26 Å². The van der Waals surface area contributed by atoms with Crippen molar-refractivity contribution in [2.75, 3.05) is 0 Å². The molecule has 0 N–H and O–H groups in total. The third-order valence-corrected chi connectivity index (χ3v) is 10.1. The van der Waals surface area contributed by atoms with Crippen LogP contribution < -0.4 is 0 Å². The maximum atomic E-state index is 10.1. The summed E-state index contributed by atoms with van der Waals surface area (Å²) < 4.78 is 0. The Morgan fingerprint density at radius 2 is 1.43 bits per heavy atom.